The Morgan fingerprint density at radius 2 is 1.68 bits per heavy atom. The molecule has 2 aromatic carbocycles. The standard InChI is InChI=1S/C22H29FN4.HI/c1-24-21(25-14-17-8-4-5-9-18(17)15-27(2)3)26-16-22(12-13-22)19-10-6-7-11-20(19)23;/h4-11H,12-16H2,1-3H3,(H2,24,25,26);1H. The Labute approximate surface area is 184 Å². The minimum absolute atomic E-state index is 0. The number of hydrogen-bond donors (Lipinski definition) is 2. The maximum atomic E-state index is 14.2. The highest BCUT2D eigenvalue weighted by Crippen LogP contribution is 2.48. The molecule has 0 bridgehead atoms. The predicted molar refractivity (Wildman–Crippen MR) is 125 cm³/mol. The van der Waals surface area contributed by atoms with E-state index in [0.29, 0.717) is 13.1 Å². The molecule has 4 nitrogen and oxygen atoms in total. The lowest BCUT2D eigenvalue weighted by Crippen LogP contribution is -2.41. The van der Waals surface area contributed by atoms with Gasteiger partial charge in [-0.2, -0.15) is 0 Å². The summed E-state index contributed by atoms with van der Waals surface area (Å²) in [5, 5.41) is 6.78. The van der Waals surface area contributed by atoms with Gasteiger partial charge in [-0.1, -0.05) is 42.5 Å². The fourth-order valence-electron chi connectivity index (χ4n) is 3.46. The molecule has 1 aliphatic carbocycles. The van der Waals surface area contributed by atoms with Crippen LogP contribution in [0.25, 0.3) is 0 Å². The second-order valence-corrected chi connectivity index (χ2v) is 7.55. The Morgan fingerprint density at radius 1 is 1.04 bits per heavy atom. The van der Waals surface area contributed by atoms with E-state index in [1.807, 2.05) is 12.1 Å². The van der Waals surface area contributed by atoms with E-state index in [1.165, 1.54) is 11.1 Å². The molecule has 0 heterocycles. The molecule has 0 atom stereocenters. The first kappa shape index (κ1) is 22.6. The third-order valence-corrected chi connectivity index (χ3v) is 5.17. The highest BCUT2D eigenvalue weighted by molar-refractivity contribution is 14.0. The molecule has 0 amide bonds. The summed E-state index contributed by atoms with van der Waals surface area (Å²) in [6.45, 7) is 2.30. The number of nitrogens with zero attached hydrogens (tertiary/aromatic N) is 2. The maximum absolute atomic E-state index is 14.2. The van der Waals surface area contributed by atoms with Gasteiger partial charge in [-0.3, -0.25) is 4.99 Å². The zero-order valence-corrected chi connectivity index (χ0v) is 19.2. The van der Waals surface area contributed by atoms with E-state index in [2.05, 4.69) is 58.9 Å². The Hall–Kier alpha value is -1.67. The molecule has 2 N–H and O–H groups in total. The lowest BCUT2D eigenvalue weighted by molar-refractivity contribution is 0.400. The van der Waals surface area contributed by atoms with Gasteiger partial charge >= 0.3 is 0 Å². The van der Waals surface area contributed by atoms with Gasteiger partial charge in [0.2, 0.25) is 0 Å². The third kappa shape index (κ3) is 5.67. The maximum Gasteiger partial charge on any atom is 0.191 e. The van der Waals surface area contributed by atoms with Crippen LogP contribution in [0.4, 0.5) is 4.39 Å². The lowest BCUT2D eigenvalue weighted by Gasteiger charge is -2.20. The molecule has 3 rings (SSSR count). The first-order valence-electron chi connectivity index (χ1n) is 9.45. The molecule has 0 radical (unpaired) electrons. The van der Waals surface area contributed by atoms with Gasteiger partial charge in [0.15, 0.2) is 5.96 Å². The molecular formula is C22H30FIN4. The number of rotatable bonds is 7. The van der Waals surface area contributed by atoms with Crippen LogP contribution in [-0.2, 0) is 18.5 Å². The summed E-state index contributed by atoms with van der Waals surface area (Å²) in [7, 11) is 5.91. The average molecular weight is 496 g/mol. The van der Waals surface area contributed by atoms with Gasteiger partial charge in [0.1, 0.15) is 5.82 Å². The molecule has 0 spiro atoms. The molecule has 0 aromatic heterocycles. The molecule has 152 valence electrons. The largest absolute Gasteiger partial charge is 0.356 e. The van der Waals surface area contributed by atoms with Gasteiger partial charge in [0, 0.05) is 32.1 Å². The van der Waals surface area contributed by atoms with Crippen molar-refractivity contribution in [1.82, 2.24) is 15.5 Å². The Bertz CT molecular complexity index is 803. The van der Waals surface area contributed by atoms with Crippen molar-refractivity contribution in [3.63, 3.8) is 0 Å². The molecule has 0 unspecified atom stereocenters. The van der Waals surface area contributed by atoms with Crippen molar-refractivity contribution in [2.45, 2.75) is 31.3 Å². The topological polar surface area (TPSA) is 39.7 Å². The Balaban J connectivity index is 0.00000280. The first-order chi connectivity index (χ1) is 13.0. The number of aliphatic imine (C=N–C) groups is 1. The van der Waals surface area contributed by atoms with Crippen molar-refractivity contribution in [3.05, 3.63) is 71.0 Å². The smallest absolute Gasteiger partial charge is 0.191 e. The summed E-state index contributed by atoms with van der Waals surface area (Å²) < 4.78 is 14.2. The van der Waals surface area contributed by atoms with E-state index in [1.54, 1.807) is 19.2 Å². The Kier molecular flexibility index (Phi) is 8.24. The first-order valence-corrected chi connectivity index (χ1v) is 9.45. The monoisotopic (exact) mass is 496 g/mol. The summed E-state index contributed by atoms with van der Waals surface area (Å²) in [6.07, 6.45) is 2.01. The lowest BCUT2D eigenvalue weighted by atomic mass is 9.95. The van der Waals surface area contributed by atoms with Gasteiger partial charge in [-0.05, 0) is 49.7 Å². The summed E-state index contributed by atoms with van der Waals surface area (Å²) in [4.78, 5) is 6.49. The molecule has 0 aliphatic heterocycles. The van der Waals surface area contributed by atoms with E-state index in [-0.39, 0.29) is 35.2 Å². The van der Waals surface area contributed by atoms with E-state index >= 15 is 0 Å². The zero-order chi connectivity index (χ0) is 19.3. The van der Waals surface area contributed by atoms with Crippen LogP contribution >= 0.6 is 24.0 Å². The number of hydrogen-bond acceptors (Lipinski definition) is 2. The number of nitrogens with one attached hydrogen (secondary N) is 2. The quantitative estimate of drug-likeness (QED) is 0.347. The van der Waals surface area contributed by atoms with Gasteiger partial charge in [0.05, 0.1) is 0 Å². The summed E-state index contributed by atoms with van der Waals surface area (Å²) in [5.41, 5.74) is 3.26. The number of benzene rings is 2. The van der Waals surface area contributed by atoms with Crippen LogP contribution in [0.5, 0.6) is 0 Å². The van der Waals surface area contributed by atoms with Crippen molar-refractivity contribution >= 4 is 29.9 Å². The minimum Gasteiger partial charge on any atom is -0.356 e. The van der Waals surface area contributed by atoms with Crippen molar-refractivity contribution < 1.29 is 4.39 Å². The summed E-state index contributed by atoms with van der Waals surface area (Å²) >= 11 is 0. The molecule has 28 heavy (non-hydrogen) atoms. The minimum atomic E-state index is -0.114. The van der Waals surface area contributed by atoms with Crippen LogP contribution < -0.4 is 10.6 Å². The second-order valence-electron chi connectivity index (χ2n) is 7.55. The van der Waals surface area contributed by atoms with Crippen molar-refractivity contribution in [3.8, 4) is 0 Å². The number of guanidine groups is 1. The van der Waals surface area contributed by atoms with Gasteiger partial charge in [-0.15, -0.1) is 24.0 Å². The molecule has 6 heteroatoms. The van der Waals surface area contributed by atoms with Crippen molar-refractivity contribution in [1.29, 1.82) is 0 Å². The van der Waals surface area contributed by atoms with Crippen LogP contribution in [0.1, 0.15) is 29.5 Å². The van der Waals surface area contributed by atoms with E-state index in [4.69, 9.17) is 0 Å². The van der Waals surface area contributed by atoms with Gasteiger partial charge in [0.25, 0.3) is 0 Å². The molecule has 1 fully saturated rings. The predicted octanol–water partition coefficient (Wildman–Crippen LogP) is 3.90. The Morgan fingerprint density at radius 3 is 2.29 bits per heavy atom. The van der Waals surface area contributed by atoms with Gasteiger partial charge in [-0.25, -0.2) is 4.39 Å². The molecule has 1 aliphatic rings. The summed E-state index contributed by atoms with van der Waals surface area (Å²) in [5.74, 6) is 0.634. The molecule has 1 saturated carbocycles. The summed E-state index contributed by atoms with van der Waals surface area (Å²) in [6, 6.07) is 15.5. The molecule has 2 aromatic rings. The van der Waals surface area contributed by atoms with Crippen molar-refractivity contribution in [2.24, 2.45) is 4.99 Å². The SMILES string of the molecule is CN=C(NCc1ccccc1CN(C)C)NCC1(c2ccccc2F)CC1.I. The normalized spacial score (nSPS) is 15.1. The highest BCUT2D eigenvalue weighted by atomic mass is 127. The van der Waals surface area contributed by atoms with Crippen LogP contribution in [0, 0.1) is 5.82 Å². The van der Waals surface area contributed by atoms with E-state index < -0.39 is 0 Å². The second kappa shape index (κ2) is 10.2. The zero-order valence-electron chi connectivity index (χ0n) is 16.8. The van der Waals surface area contributed by atoms with Crippen LogP contribution in [0.3, 0.4) is 0 Å². The average Bonchev–Trinajstić information content (AvgIpc) is 3.44. The third-order valence-electron chi connectivity index (χ3n) is 5.17. The van der Waals surface area contributed by atoms with Gasteiger partial charge < -0.3 is 15.5 Å². The van der Waals surface area contributed by atoms with Crippen LogP contribution in [0.2, 0.25) is 0 Å². The molecule has 0 saturated heterocycles. The molecular weight excluding hydrogens is 466 g/mol. The van der Waals surface area contributed by atoms with E-state index in [9.17, 15) is 4.39 Å². The fraction of sp³-hybridized carbons (Fsp3) is 0.409. The van der Waals surface area contributed by atoms with Crippen LogP contribution in [-0.4, -0.2) is 38.5 Å². The number of halogens is 2. The van der Waals surface area contributed by atoms with E-state index in [0.717, 1.165) is 30.9 Å². The fourth-order valence-corrected chi connectivity index (χ4v) is 3.46. The van der Waals surface area contributed by atoms with Crippen molar-refractivity contribution in [2.75, 3.05) is 27.7 Å². The highest BCUT2D eigenvalue weighted by Gasteiger charge is 2.45. The van der Waals surface area contributed by atoms with Crippen LogP contribution in [0.15, 0.2) is 53.5 Å².